The molecule has 0 saturated heterocycles. The first-order valence-electron chi connectivity index (χ1n) is 8.74. The number of anilines is 1. The van der Waals surface area contributed by atoms with E-state index in [2.05, 4.69) is 0 Å². The summed E-state index contributed by atoms with van der Waals surface area (Å²) in [6.45, 7) is 13.2. The van der Waals surface area contributed by atoms with Crippen LogP contribution >= 0.6 is 0 Å². The van der Waals surface area contributed by atoms with Gasteiger partial charge in [0.25, 0.3) is 10.1 Å². The lowest BCUT2D eigenvalue weighted by molar-refractivity contribution is 0.113. The molecule has 2 N–H and O–H groups in total. The van der Waals surface area contributed by atoms with Gasteiger partial charge in [0.05, 0.1) is 11.4 Å². The van der Waals surface area contributed by atoms with Gasteiger partial charge < -0.3 is 5.11 Å². The second kappa shape index (κ2) is 6.66. The van der Waals surface area contributed by atoms with Crippen molar-refractivity contribution >= 4 is 24.0 Å². The Kier molecular flexibility index (Phi) is 5.44. The van der Waals surface area contributed by atoms with Crippen molar-refractivity contribution in [3.8, 4) is 0 Å². The van der Waals surface area contributed by atoms with Gasteiger partial charge in [0.1, 0.15) is 11.4 Å². The van der Waals surface area contributed by atoms with E-state index in [0.717, 1.165) is 0 Å². The minimum atomic E-state index is -4.48. The first-order valence-corrected chi connectivity index (χ1v) is 13.2. The number of halogens is 1. The van der Waals surface area contributed by atoms with Crippen LogP contribution in [0.2, 0.25) is 18.1 Å². The molecule has 0 bridgehead atoms. The van der Waals surface area contributed by atoms with Gasteiger partial charge in [-0.1, -0.05) is 33.9 Å². The van der Waals surface area contributed by atoms with Crippen LogP contribution < -0.4 is 5.01 Å². The van der Waals surface area contributed by atoms with Crippen LogP contribution in [-0.4, -0.2) is 42.0 Å². The van der Waals surface area contributed by atoms with Gasteiger partial charge in [0.15, 0.2) is 13.6 Å². The van der Waals surface area contributed by atoms with Gasteiger partial charge in [-0.15, -0.1) is 0 Å². The van der Waals surface area contributed by atoms with E-state index in [0.29, 0.717) is 11.4 Å². The predicted octanol–water partition coefficient (Wildman–Crippen LogP) is 3.74. The number of hydrazine groups is 1. The number of benzene rings is 1. The summed E-state index contributed by atoms with van der Waals surface area (Å²) in [6, 6.07) is 5.62. The van der Waals surface area contributed by atoms with Gasteiger partial charge in [0, 0.05) is 0 Å². The fraction of sp³-hybridized carbons (Fsp3) is 0.556. The molecule has 152 valence electrons. The summed E-state index contributed by atoms with van der Waals surface area (Å²) in [4.78, 5) is 0. The normalized spacial score (nSPS) is 20.1. The summed E-state index contributed by atoms with van der Waals surface area (Å²) in [7, 11) is -7.04. The zero-order valence-corrected chi connectivity index (χ0v) is 18.7. The van der Waals surface area contributed by atoms with Crippen LogP contribution in [0.15, 0.2) is 36.0 Å². The summed E-state index contributed by atoms with van der Waals surface area (Å²) < 4.78 is 49.6. The van der Waals surface area contributed by atoms with Gasteiger partial charge in [-0.3, -0.25) is 9.56 Å². The highest BCUT2D eigenvalue weighted by molar-refractivity contribution is 7.86. The highest BCUT2D eigenvalue weighted by atomic mass is 32.2. The average Bonchev–Trinajstić information content (AvgIpc) is 2.88. The lowest BCUT2D eigenvalue weighted by Crippen LogP contribution is -2.64. The van der Waals surface area contributed by atoms with E-state index >= 15 is 0 Å². The van der Waals surface area contributed by atoms with Crippen molar-refractivity contribution in [3.63, 3.8) is 0 Å². The average molecular weight is 417 g/mol. The SMILES string of the molecule is CC(C)(O)C1=CC(S(=O)(=O)O)N([Si](C)(C)C(C)(C)C)N1c1ccc(F)cc1. The molecule has 2 rings (SSSR count). The van der Waals surface area contributed by atoms with E-state index in [-0.39, 0.29) is 5.04 Å². The lowest BCUT2D eigenvalue weighted by Gasteiger charge is -2.51. The Morgan fingerprint density at radius 3 is 1.93 bits per heavy atom. The standard InChI is InChI=1S/C18H29FN2O4SSi/c1-17(2,3)27(6,7)21-16(26(23,24)25)12-15(18(4,5)22)20(21)14-10-8-13(19)9-11-14/h8-12,16,22H,1-7H3,(H,23,24,25). The molecule has 0 amide bonds. The third-order valence-corrected chi connectivity index (χ3v) is 11.8. The zero-order valence-electron chi connectivity index (χ0n) is 16.9. The highest BCUT2D eigenvalue weighted by Crippen LogP contribution is 2.46. The molecule has 1 atom stereocenters. The molecule has 9 heteroatoms. The molecule has 1 aliphatic heterocycles. The minimum absolute atomic E-state index is 0.267. The number of hydrogen-bond donors (Lipinski definition) is 2. The third kappa shape index (κ3) is 4.12. The summed E-state index contributed by atoms with van der Waals surface area (Å²) in [5, 5.41) is 10.7. The summed E-state index contributed by atoms with van der Waals surface area (Å²) >= 11 is 0. The van der Waals surface area contributed by atoms with Gasteiger partial charge in [-0.25, -0.2) is 9.06 Å². The molecule has 0 aliphatic carbocycles. The molecule has 27 heavy (non-hydrogen) atoms. The Morgan fingerprint density at radius 2 is 1.56 bits per heavy atom. The molecule has 0 spiro atoms. The van der Waals surface area contributed by atoms with E-state index in [1.165, 1.54) is 30.3 Å². The molecule has 1 aromatic carbocycles. The molecular formula is C18H29FN2O4SSi. The number of hydrogen-bond acceptors (Lipinski definition) is 5. The van der Waals surface area contributed by atoms with Crippen molar-refractivity contribution in [1.29, 1.82) is 0 Å². The Hall–Kier alpha value is -1.26. The van der Waals surface area contributed by atoms with Crippen LogP contribution in [0.5, 0.6) is 0 Å². The minimum Gasteiger partial charge on any atom is -0.384 e. The van der Waals surface area contributed by atoms with E-state index in [1.807, 2.05) is 33.9 Å². The lowest BCUT2D eigenvalue weighted by atomic mass is 10.0. The molecule has 1 heterocycles. The Morgan fingerprint density at radius 1 is 1.07 bits per heavy atom. The molecule has 0 saturated carbocycles. The zero-order chi connectivity index (χ0) is 21.0. The molecular weight excluding hydrogens is 387 g/mol. The van der Waals surface area contributed by atoms with Crippen LogP contribution in [0, 0.1) is 5.82 Å². The fourth-order valence-electron chi connectivity index (χ4n) is 2.94. The van der Waals surface area contributed by atoms with Crippen LogP contribution in [-0.2, 0) is 10.1 Å². The van der Waals surface area contributed by atoms with Crippen molar-refractivity contribution in [1.82, 2.24) is 4.67 Å². The molecule has 0 radical (unpaired) electrons. The topological polar surface area (TPSA) is 81.1 Å². The van der Waals surface area contributed by atoms with Crippen molar-refractivity contribution in [2.75, 3.05) is 5.01 Å². The van der Waals surface area contributed by atoms with Crippen molar-refractivity contribution in [2.24, 2.45) is 0 Å². The maximum atomic E-state index is 13.5. The second-order valence-corrected chi connectivity index (χ2v) is 15.5. The van der Waals surface area contributed by atoms with E-state index < -0.39 is 35.1 Å². The van der Waals surface area contributed by atoms with Crippen LogP contribution in [0.3, 0.4) is 0 Å². The van der Waals surface area contributed by atoms with Crippen molar-refractivity contribution < 1.29 is 22.5 Å². The monoisotopic (exact) mass is 416 g/mol. The molecule has 1 aliphatic rings. The van der Waals surface area contributed by atoms with Crippen LogP contribution in [0.1, 0.15) is 34.6 Å². The molecule has 6 nitrogen and oxygen atoms in total. The third-order valence-electron chi connectivity index (χ3n) is 5.40. The second-order valence-electron chi connectivity index (χ2n) is 8.96. The summed E-state index contributed by atoms with van der Waals surface area (Å²) in [5.74, 6) is -0.419. The number of aliphatic hydroxyl groups is 1. The first-order chi connectivity index (χ1) is 12.0. The molecule has 1 unspecified atom stereocenters. The Bertz CT molecular complexity index is 840. The largest absolute Gasteiger partial charge is 0.384 e. The van der Waals surface area contributed by atoms with E-state index in [9.17, 15) is 22.5 Å². The summed E-state index contributed by atoms with van der Waals surface area (Å²) in [6.07, 6.45) is 1.37. The maximum absolute atomic E-state index is 13.5. The van der Waals surface area contributed by atoms with Crippen molar-refractivity contribution in [3.05, 3.63) is 41.9 Å². The van der Waals surface area contributed by atoms with Crippen molar-refractivity contribution in [2.45, 2.75) is 63.7 Å². The van der Waals surface area contributed by atoms with Gasteiger partial charge >= 0.3 is 0 Å². The van der Waals surface area contributed by atoms with Crippen LogP contribution in [0.4, 0.5) is 10.1 Å². The first kappa shape index (κ1) is 22.0. The van der Waals surface area contributed by atoms with E-state index in [1.54, 1.807) is 23.5 Å². The fourth-order valence-corrected chi connectivity index (χ4v) is 6.90. The molecule has 0 fully saturated rings. The van der Waals surface area contributed by atoms with Gasteiger partial charge in [-0.05, 0) is 49.2 Å². The van der Waals surface area contributed by atoms with Crippen LogP contribution in [0.25, 0.3) is 0 Å². The van der Waals surface area contributed by atoms with Gasteiger partial charge in [0.2, 0.25) is 0 Å². The molecule has 0 aromatic heterocycles. The smallest absolute Gasteiger partial charge is 0.286 e. The quantitative estimate of drug-likeness (QED) is 0.575. The summed E-state index contributed by atoms with van der Waals surface area (Å²) in [5.41, 5.74) is -0.545. The van der Waals surface area contributed by atoms with Gasteiger partial charge in [-0.2, -0.15) is 8.42 Å². The number of nitrogens with zero attached hydrogens (tertiary/aromatic N) is 2. The maximum Gasteiger partial charge on any atom is 0.286 e. The number of rotatable bonds is 4. The Balaban J connectivity index is 2.79. The van der Waals surface area contributed by atoms with E-state index in [4.69, 9.17) is 0 Å². The highest BCUT2D eigenvalue weighted by Gasteiger charge is 2.54. The Labute approximate surface area is 162 Å². The predicted molar refractivity (Wildman–Crippen MR) is 108 cm³/mol. The molecule has 1 aromatic rings.